The fraction of sp³-hybridized carbons (Fsp3) is 0.200. The number of aromatic hydroxyl groups is 1. The van der Waals surface area contributed by atoms with Crippen molar-refractivity contribution < 1.29 is 5.11 Å². The van der Waals surface area contributed by atoms with E-state index in [4.69, 9.17) is 10.5 Å². The molecule has 0 aliphatic carbocycles. The van der Waals surface area contributed by atoms with E-state index in [1.807, 2.05) is 12.1 Å². The molecule has 0 aliphatic rings. The zero-order valence-corrected chi connectivity index (χ0v) is 7.20. The Bertz CT molecular complexity index is 387. The summed E-state index contributed by atoms with van der Waals surface area (Å²) in [7, 11) is 0. The number of nitrogens with zero attached hydrogens (tertiary/aromatic N) is 2. The minimum Gasteiger partial charge on any atom is -0.507 e. The predicted molar refractivity (Wildman–Crippen MR) is 46.9 cm³/mol. The van der Waals surface area contributed by atoms with Crippen LogP contribution in [-0.4, -0.2) is 5.11 Å². The molecule has 0 aliphatic heterocycles. The summed E-state index contributed by atoms with van der Waals surface area (Å²) in [6.07, 6.45) is 0.250. The number of benzene rings is 1. The number of hydrogen-bond acceptors (Lipinski definition) is 3. The molecule has 0 amide bonds. The average molecular weight is 172 g/mol. The van der Waals surface area contributed by atoms with Gasteiger partial charge in [-0.3, -0.25) is 0 Å². The van der Waals surface area contributed by atoms with E-state index in [9.17, 15) is 5.11 Å². The molecule has 1 aromatic rings. The Morgan fingerprint density at radius 2 is 2.08 bits per heavy atom. The van der Waals surface area contributed by atoms with Crippen molar-refractivity contribution in [3.8, 4) is 17.9 Å². The van der Waals surface area contributed by atoms with Crippen molar-refractivity contribution in [2.24, 2.45) is 0 Å². The van der Waals surface area contributed by atoms with Gasteiger partial charge in [0, 0.05) is 0 Å². The van der Waals surface area contributed by atoms with Gasteiger partial charge in [-0.25, -0.2) is 0 Å². The summed E-state index contributed by atoms with van der Waals surface area (Å²) in [4.78, 5) is 0. The highest BCUT2D eigenvalue weighted by molar-refractivity contribution is 5.50. The molecule has 1 N–H and O–H groups in total. The average Bonchev–Trinajstić information content (AvgIpc) is 2.04. The number of aryl methyl sites for hydroxylation is 1. The first-order valence-corrected chi connectivity index (χ1v) is 3.78. The van der Waals surface area contributed by atoms with Crippen molar-refractivity contribution in [1.82, 2.24) is 0 Å². The molecule has 0 radical (unpaired) electrons. The second-order valence-corrected chi connectivity index (χ2v) is 2.75. The first-order chi connectivity index (χ1) is 6.19. The third-order valence-electron chi connectivity index (χ3n) is 1.77. The molecule has 0 aromatic heterocycles. The van der Waals surface area contributed by atoms with E-state index in [1.54, 1.807) is 13.0 Å². The normalized spacial score (nSPS) is 8.85. The van der Waals surface area contributed by atoms with Crippen LogP contribution < -0.4 is 0 Å². The molecule has 3 heteroatoms. The third-order valence-corrected chi connectivity index (χ3v) is 1.77. The molecule has 0 saturated heterocycles. The first kappa shape index (κ1) is 9.09. The summed E-state index contributed by atoms with van der Waals surface area (Å²) < 4.78 is 0. The molecule has 3 nitrogen and oxygen atoms in total. The van der Waals surface area contributed by atoms with Gasteiger partial charge in [-0.05, 0) is 24.1 Å². The van der Waals surface area contributed by atoms with E-state index in [-0.39, 0.29) is 17.7 Å². The first-order valence-electron chi connectivity index (χ1n) is 3.78. The van der Waals surface area contributed by atoms with Crippen LogP contribution in [0.25, 0.3) is 0 Å². The fourth-order valence-corrected chi connectivity index (χ4v) is 1.18. The Labute approximate surface area is 76.5 Å². The van der Waals surface area contributed by atoms with Gasteiger partial charge in [-0.15, -0.1) is 0 Å². The van der Waals surface area contributed by atoms with Crippen molar-refractivity contribution in [2.45, 2.75) is 13.3 Å². The maximum absolute atomic E-state index is 9.37. The molecule has 0 fully saturated rings. The summed E-state index contributed by atoms with van der Waals surface area (Å²) in [6, 6.07) is 7.07. The van der Waals surface area contributed by atoms with Crippen LogP contribution in [0.1, 0.15) is 16.7 Å². The predicted octanol–water partition coefficient (Wildman–Crippen LogP) is 1.64. The summed E-state index contributed by atoms with van der Waals surface area (Å²) in [6.45, 7) is 1.74. The highest BCUT2D eigenvalue weighted by Gasteiger charge is 2.05. The summed E-state index contributed by atoms with van der Waals surface area (Å²) in [5.41, 5.74) is 1.71. The second-order valence-electron chi connectivity index (χ2n) is 2.75. The molecule has 1 rings (SSSR count). The highest BCUT2D eigenvalue weighted by atomic mass is 16.3. The Hall–Kier alpha value is -2.00. The van der Waals surface area contributed by atoms with Crippen molar-refractivity contribution in [1.29, 1.82) is 10.5 Å². The van der Waals surface area contributed by atoms with E-state index in [2.05, 4.69) is 0 Å². The van der Waals surface area contributed by atoms with Gasteiger partial charge in [-0.2, -0.15) is 10.5 Å². The van der Waals surface area contributed by atoms with Crippen molar-refractivity contribution >= 4 is 0 Å². The molecule has 0 atom stereocenters. The maximum Gasteiger partial charge on any atom is 0.133 e. The van der Waals surface area contributed by atoms with E-state index in [0.29, 0.717) is 5.56 Å². The number of hydrogen-bond donors (Lipinski definition) is 1. The fourth-order valence-electron chi connectivity index (χ4n) is 1.18. The molecule has 0 bridgehead atoms. The lowest BCUT2D eigenvalue weighted by Gasteiger charge is -2.02. The second kappa shape index (κ2) is 3.60. The van der Waals surface area contributed by atoms with Crippen molar-refractivity contribution in [2.75, 3.05) is 0 Å². The van der Waals surface area contributed by atoms with Crippen LogP contribution in [0.4, 0.5) is 0 Å². The molecule has 0 unspecified atom stereocenters. The Morgan fingerprint density at radius 3 is 2.54 bits per heavy atom. The van der Waals surface area contributed by atoms with Crippen LogP contribution in [0.5, 0.6) is 5.75 Å². The summed E-state index contributed by atoms with van der Waals surface area (Å²) in [5, 5.41) is 26.4. The SMILES string of the molecule is Cc1cc(CC#N)cc(O)c1C#N. The largest absolute Gasteiger partial charge is 0.507 e. The zero-order chi connectivity index (χ0) is 9.84. The Balaban J connectivity index is 3.24. The number of nitriles is 2. The lowest BCUT2D eigenvalue weighted by Crippen LogP contribution is -1.88. The number of phenolic OH excluding ortho intramolecular Hbond substituents is 1. The molecule has 64 valence electrons. The zero-order valence-electron chi connectivity index (χ0n) is 7.20. The molecular weight excluding hydrogens is 164 g/mol. The third kappa shape index (κ3) is 1.77. The summed E-state index contributed by atoms with van der Waals surface area (Å²) in [5.74, 6) is -0.0484. The van der Waals surface area contributed by atoms with Crippen LogP contribution >= 0.6 is 0 Å². The van der Waals surface area contributed by atoms with Gasteiger partial charge in [-0.1, -0.05) is 6.07 Å². The maximum atomic E-state index is 9.37. The highest BCUT2D eigenvalue weighted by Crippen LogP contribution is 2.22. The molecule has 0 heterocycles. The molecule has 13 heavy (non-hydrogen) atoms. The molecule has 0 saturated carbocycles. The van der Waals surface area contributed by atoms with Crippen LogP contribution in [0.2, 0.25) is 0 Å². The van der Waals surface area contributed by atoms with E-state index in [0.717, 1.165) is 5.56 Å². The summed E-state index contributed by atoms with van der Waals surface area (Å²) >= 11 is 0. The lowest BCUT2D eigenvalue weighted by molar-refractivity contribution is 0.472. The lowest BCUT2D eigenvalue weighted by atomic mass is 10.0. The van der Waals surface area contributed by atoms with Crippen LogP contribution in [0.15, 0.2) is 12.1 Å². The van der Waals surface area contributed by atoms with Gasteiger partial charge in [0.2, 0.25) is 0 Å². The molecular formula is C10H8N2O. The topological polar surface area (TPSA) is 67.8 Å². The van der Waals surface area contributed by atoms with Gasteiger partial charge in [0.15, 0.2) is 0 Å². The van der Waals surface area contributed by atoms with E-state index < -0.39 is 0 Å². The smallest absolute Gasteiger partial charge is 0.133 e. The Kier molecular flexibility index (Phi) is 2.52. The van der Waals surface area contributed by atoms with Gasteiger partial charge in [0.1, 0.15) is 11.8 Å². The van der Waals surface area contributed by atoms with Gasteiger partial charge >= 0.3 is 0 Å². The minimum absolute atomic E-state index is 0.0484. The van der Waals surface area contributed by atoms with Gasteiger partial charge < -0.3 is 5.11 Å². The standard InChI is InChI=1S/C10H8N2O/c1-7-4-8(2-3-11)5-10(13)9(7)6-12/h4-5,13H,2H2,1H3. The minimum atomic E-state index is -0.0484. The Morgan fingerprint density at radius 1 is 1.38 bits per heavy atom. The van der Waals surface area contributed by atoms with Crippen molar-refractivity contribution in [3.05, 3.63) is 28.8 Å². The van der Waals surface area contributed by atoms with Crippen LogP contribution in [-0.2, 0) is 6.42 Å². The van der Waals surface area contributed by atoms with Gasteiger partial charge in [0.25, 0.3) is 0 Å². The molecule has 0 spiro atoms. The monoisotopic (exact) mass is 172 g/mol. The van der Waals surface area contributed by atoms with Crippen LogP contribution in [0.3, 0.4) is 0 Å². The molecule has 1 aromatic carbocycles. The number of phenols is 1. The van der Waals surface area contributed by atoms with Crippen molar-refractivity contribution in [3.63, 3.8) is 0 Å². The number of rotatable bonds is 1. The van der Waals surface area contributed by atoms with Crippen LogP contribution in [0, 0.1) is 29.6 Å². The quantitative estimate of drug-likeness (QED) is 0.700. The van der Waals surface area contributed by atoms with Gasteiger partial charge in [0.05, 0.1) is 18.1 Å². The van der Waals surface area contributed by atoms with E-state index in [1.165, 1.54) is 6.07 Å². The van der Waals surface area contributed by atoms with E-state index >= 15 is 0 Å².